The predicted molar refractivity (Wildman–Crippen MR) is 118 cm³/mol. The van der Waals surface area contributed by atoms with Gasteiger partial charge in [-0.15, -0.1) is 0 Å². The van der Waals surface area contributed by atoms with Gasteiger partial charge in [-0.25, -0.2) is 8.42 Å². The molecule has 0 heterocycles. The van der Waals surface area contributed by atoms with Crippen LogP contribution in [0.25, 0.3) is 0 Å². The van der Waals surface area contributed by atoms with E-state index >= 15 is 0 Å². The summed E-state index contributed by atoms with van der Waals surface area (Å²) < 4.78 is 28.6. The van der Waals surface area contributed by atoms with E-state index < -0.39 is 10.0 Å². The van der Waals surface area contributed by atoms with Crippen LogP contribution in [-0.2, 0) is 10.0 Å². The number of nitrogens with zero attached hydrogens (tertiary/aromatic N) is 2. The summed E-state index contributed by atoms with van der Waals surface area (Å²) in [7, 11) is 1.96. The third-order valence-electron chi connectivity index (χ3n) is 5.23. The molecule has 152 valence electrons. The molecule has 2 atom stereocenters. The van der Waals surface area contributed by atoms with Crippen LogP contribution in [-0.4, -0.2) is 38.8 Å². The van der Waals surface area contributed by atoms with Gasteiger partial charge < -0.3 is 4.90 Å². The summed E-state index contributed by atoms with van der Waals surface area (Å²) in [5.41, 5.74) is 3.05. The van der Waals surface area contributed by atoms with E-state index in [9.17, 15) is 8.42 Å². The average Bonchev–Trinajstić information content (AvgIpc) is 2.72. The summed E-state index contributed by atoms with van der Waals surface area (Å²) >= 11 is 0. The van der Waals surface area contributed by atoms with E-state index in [1.54, 1.807) is 19.2 Å². The number of hydrogen-bond acceptors (Lipinski definition) is 3. The Morgan fingerprint density at radius 3 is 1.55 bits per heavy atom. The van der Waals surface area contributed by atoms with Crippen LogP contribution in [0.15, 0.2) is 89.8 Å². The number of sulfonamides is 1. The Hall–Kier alpha value is -2.47. The molecule has 0 N–H and O–H groups in total. The molecule has 0 aliphatic heterocycles. The van der Waals surface area contributed by atoms with Gasteiger partial charge in [0.1, 0.15) is 0 Å². The molecule has 0 unspecified atom stereocenters. The van der Waals surface area contributed by atoms with Gasteiger partial charge in [0, 0.05) is 7.05 Å². The fourth-order valence-corrected chi connectivity index (χ4v) is 5.03. The van der Waals surface area contributed by atoms with E-state index in [2.05, 4.69) is 4.90 Å². The Labute approximate surface area is 174 Å². The van der Waals surface area contributed by atoms with Crippen LogP contribution < -0.4 is 0 Å². The second-order valence-corrected chi connectivity index (χ2v) is 9.51. The number of aryl methyl sites for hydroxylation is 1. The number of hydrogen-bond donors (Lipinski definition) is 0. The molecule has 0 saturated carbocycles. The van der Waals surface area contributed by atoms with Crippen molar-refractivity contribution in [2.75, 3.05) is 21.1 Å². The van der Waals surface area contributed by atoms with Crippen molar-refractivity contribution in [2.24, 2.45) is 0 Å². The smallest absolute Gasteiger partial charge is 0.243 e. The van der Waals surface area contributed by atoms with Gasteiger partial charge in [-0.2, -0.15) is 4.31 Å². The lowest BCUT2D eigenvalue weighted by Gasteiger charge is -2.38. The first-order chi connectivity index (χ1) is 13.8. The normalized spacial score (nSPS) is 14.1. The van der Waals surface area contributed by atoms with Crippen LogP contribution in [0.4, 0.5) is 0 Å². The van der Waals surface area contributed by atoms with Gasteiger partial charge in [-0.1, -0.05) is 78.4 Å². The summed E-state index contributed by atoms with van der Waals surface area (Å²) in [6.07, 6.45) is 0. The standard InChI is InChI=1S/C24H28N2O2S/c1-19-15-17-22(18-16-19)29(27,28)26(4)24(21-13-9-6-10-14-21)23(25(2)3)20-11-7-5-8-12-20/h5-18,23-24H,1-4H3/t23-,24-/m1/s1. The Balaban J connectivity index is 2.14. The first-order valence-corrected chi connectivity index (χ1v) is 11.1. The lowest BCUT2D eigenvalue weighted by molar-refractivity contribution is 0.187. The first-order valence-electron chi connectivity index (χ1n) is 9.63. The summed E-state index contributed by atoms with van der Waals surface area (Å²) in [6, 6.07) is 26.4. The van der Waals surface area contributed by atoms with Crippen LogP contribution in [0, 0.1) is 6.92 Å². The van der Waals surface area contributed by atoms with Crippen molar-refractivity contribution in [3.63, 3.8) is 0 Å². The molecule has 29 heavy (non-hydrogen) atoms. The molecule has 0 fully saturated rings. The van der Waals surface area contributed by atoms with E-state index in [-0.39, 0.29) is 12.1 Å². The molecule has 0 aliphatic carbocycles. The number of rotatable bonds is 7. The molecule has 0 aliphatic rings. The molecule has 3 aromatic carbocycles. The summed E-state index contributed by atoms with van der Waals surface area (Å²) in [5, 5.41) is 0. The second kappa shape index (κ2) is 8.91. The SMILES string of the molecule is Cc1ccc(S(=O)(=O)N(C)[C@H](c2ccccc2)[C@@H](c2ccccc2)N(C)C)cc1. The van der Waals surface area contributed by atoms with Crippen LogP contribution in [0.1, 0.15) is 28.8 Å². The van der Waals surface area contributed by atoms with Crippen LogP contribution in [0.5, 0.6) is 0 Å². The molecule has 0 bridgehead atoms. The van der Waals surface area contributed by atoms with E-state index in [0.717, 1.165) is 16.7 Å². The fraction of sp³-hybridized carbons (Fsp3) is 0.250. The van der Waals surface area contributed by atoms with Crippen molar-refractivity contribution in [3.05, 3.63) is 102 Å². The molecule has 0 spiro atoms. The van der Waals surface area contributed by atoms with E-state index in [0.29, 0.717) is 4.90 Å². The predicted octanol–water partition coefficient (Wildman–Crippen LogP) is 4.66. The Bertz CT molecular complexity index is 1020. The first kappa shape index (κ1) is 21.2. The molecule has 3 aromatic rings. The van der Waals surface area contributed by atoms with Crippen LogP contribution in [0.2, 0.25) is 0 Å². The van der Waals surface area contributed by atoms with Crippen molar-refractivity contribution in [3.8, 4) is 0 Å². The lowest BCUT2D eigenvalue weighted by Crippen LogP contribution is -2.39. The molecule has 0 radical (unpaired) electrons. The summed E-state index contributed by atoms with van der Waals surface area (Å²) in [4.78, 5) is 2.38. The lowest BCUT2D eigenvalue weighted by atomic mass is 9.92. The van der Waals surface area contributed by atoms with Gasteiger partial charge in [0.25, 0.3) is 0 Å². The highest BCUT2D eigenvalue weighted by Gasteiger charge is 2.36. The highest BCUT2D eigenvalue weighted by Crippen LogP contribution is 2.39. The number of benzene rings is 3. The second-order valence-electron chi connectivity index (χ2n) is 7.51. The largest absolute Gasteiger partial charge is 0.301 e. The third kappa shape index (κ3) is 4.58. The monoisotopic (exact) mass is 408 g/mol. The molecular weight excluding hydrogens is 380 g/mol. The molecule has 4 nitrogen and oxygen atoms in total. The minimum Gasteiger partial charge on any atom is -0.301 e. The van der Waals surface area contributed by atoms with Crippen molar-refractivity contribution in [1.29, 1.82) is 0 Å². The molecule has 5 heteroatoms. The maximum atomic E-state index is 13.5. The average molecular weight is 409 g/mol. The molecule has 3 rings (SSSR count). The Kier molecular flexibility index (Phi) is 6.52. The van der Waals surface area contributed by atoms with Gasteiger partial charge in [-0.05, 0) is 44.3 Å². The van der Waals surface area contributed by atoms with Crippen molar-refractivity contribution in [2.45, 2.75) is 23.9 Å². The van der Waals surface area contributed by atoms with Gasteiger partial charge in [0.15, 0.2) is 0 Å². The van der Waals surface area contributed by atoms with Gasteiger partial charge in [-0.3, -0.25) is 0 Å². The summed E-state index contributed by atoms with van der Waals surface area (Å²) in [6.45, 7) is 1.95. The van der Waals surface area contributed by atoms with E-state index in [4.69, 9.17) is 0 Å². The molecule has 0 aromatic heterocycles. The minimum absolute atomic E-state index is 0.149. The third-order valence-corrected chi connectivity index (χ3v) is 7.08. The zero-order valence-corrected chi connectivity index (χ0v) is 18.2. The molecule has 0 amide bonds. The number of likely N-dealkylation sites (N-methyl/N-ethyl adjacent to an activating group) is 2. The van der Waals surface area contributed by atoms with E-state index in [1.165, 1.54) is 4.31 Å². The molecular formula is C24H28N2O2S. The van der Waals surface area contributed by atoms with E-state index in [1.807, 2.05) is 93.8 Å². The quantitative estimate of drug-likeness (QED) is 0.571. The van der Waals surface area contributed by atoms with Gasteiger partial charge in [0.2, 0.25) is 10.0 Å². The van der Waals surface area contributed by atoms with Gasteiger partial charge in [0.05, 0.1) is 17.0 Å². The van der Waals surface area contributed by atoms with Crippen LogP contribution in [0.3, 0.4) is 0 Å². The van der Waals surface area contributed by atoms with Crippen molar-refractivity contribution >= 4 is 10.0 Å². The Morgan fingerprint density at radius 1 is 0.655 bits per heavy atom. The van der Waals surface area contributed by atoms with Crippen molar-refractivity contribution in [1.82, 2.24) is 9.21 Å². The topological polar surface area (TPSA) is 40.6 Å². The van der Waals surface area contributed by atoms with Gasteiger partial charge >= 0.3 is 0 Å². The zero-order valence-electron chi connectivity index (χ0n) is 17.4. The van der Waals surface area contributed by atoms with Crippen LogP contribution >= 0.6 is 0 Å². The maximum Gasteiger partial charge on any atom is 0.243 e. The fourth-order valence-electron chi connectivity index (χ4n) is 3.68. The highest BCUT2D eigenvalue weighted by molar-refractivity contribution is 7.89. The maximum absolute atomic E-state index is 13.5. The van der Waals surface area contributed by atoms with Crippen molar-refractivity contribution < 1.29 is 8.42 Å². The minimum atomic E-state index is -3.68. The Morgan fingerprint density at radius 2 is 1.10 bits per heavy atom. The highest BCUT2D eigenvalue weighted by atomic mass is 32.2. The zero-order chi connectivity index (χ0) is 21.0. The summed E-state index contributed by atoms with van der Waals surface area (Å²) in [5.74, 6) is 0. The molecule has 0 saturated heterocycles.